The molecule has 0 aliphatic carbocycles. The lowest BCUT2D eigenvalue weighted by Crippen LogP contribution is -2.22. The molecule has 28 heavy (non-hydrogen) atoms. The summed E-state index contributed by atoms with van der Waals surface area (Å²) in [5.41, 5.74) is 3.07. The van der Waals surface area contributed by atoms with Crippen molar-refractivity contribution in [3.63, 3.8) is 0 Å². The van der Waals surface area contributed by atoms with Crippen molar-refractivity contribution < 1.29 is 14.0 Å². The Kier molecular flexibility index (Phi) is 5.26. The second-order valence-corrected chi connectivity index (χ2v) is 6.69. The number of nitrogens with zero attached hydrogens (tertiary/aromatic N) is 3. The highest BCUT2D eigenvalue weighted by Crippen LogP contribution is 2.21. The highest BCUT2D eigenvalue weighted by atomic mass is 19.1. The molecule has 0 radical (unpaired) electrons. The second-order valence-electron chi connectivity index (χ2n) is 6.69. The molecule has 0 bridgehead atoms. The van der Waals surface area contributed by atoms with Gasteiger partial charge in [-0.15, -0.1) is 0 Å². The fourth-order valence-corrected chi connectivity index (χ4v) is 2.88. The van der Waals surface area contributed by atoms with E-state index in [-0.39, 0.29) is 17.2 Å². The molecule has 1 heterocycles. The van der Waals surface area contributed by atoms with Gasteiger partial charge in [-0.2, -0.15) is 5.10 Å². The van der Waals surface area contributed by atoms with Gasteiger partial charge in [-0.25, -0.2) is 9.07 Å². The largest absolute Gasteiger partial charge is 0.345 e. The first kappa shape index (κ1) is 19.3. The Balaban J connectivity index is 1.90. The lowest BCUT2D eigenvalue weighted by atomic mass is 10.1. The lowest BCUT2D eigenvalue weighted by molar-refractivity contribution is 0.0827. The summed E-state index contributed by atoms with van der Waals surface area (Å²) >= 11 is 0. The van der Waals surface area contributed by atoms with Crippen LogP contribution >= 0.6 is 0 Å². The summed E-state index contributed by atoms with van der Waals surface area (Å²) < 4.78 is 15.8. The van der Waals surface area contributed by atoms with E-state index in [1.165, 1.54) is 23.2 Å². The van der Waals surface area contributed by atoms with Gasteiger partial charge in [0.1, 0.15) is 5.82 Å². The number of aryl methyl sites for hydroxylation is 1. The molecule has 7 heteroatoms. The zero-order chi connectivity index (χ0) is 20.4. The molecule has 6 nitrogen and oxygen atoms in total. The standard InChI is InChI=1S/C21H21FN4O2/c1-13-7-5-6-8-19(13)26-14(2)16(12-23-26)20(27)24-18-11-15(9-10-17(18)22)21(28)25(3)4/h5-12H,1-4H3,(H,24,27). The van der Waals surface area contributed by atoms with E-state index in [0.717, 1.165) is 17.3 Å². The number of hydrogen-bond donors (Lipinski definition) is 1. The van der Waals surface area contributed by atoms with Crippen LogP contribution in [0.3, 0.4) is 0 Å². The van der Waals surface area contributed by atoms with Crippen LogP contribution in [0.5, 0.6) is 0 Å². The number of para-hydroxylation sites is 1. The van der Waals surface area contributed by atoms with E-state index in [2.05, 4.69) is 10.4 Å². The molecule has 0 saturated carbocycles. The summed E-state index contributed by atoms with van der Waals surface area (Å²) in [6.07, 6.45) is 1.45. The van der Waals surface area contributed by atoms with Crippen molar-refractivity contribution in [2.75, 3.05) is 19.4 Å². The number of carbonyl (C=O) groups is 2. The second kappa shape index (κ2) is 7.64. The van der Waals surface area contributed by atoms with Crippen LogP contribution < -0.4 is 5.32 Å². The van der Waals surface area contributed by atoms with Gasteiger partial charge in [-0.3, -0.25) is 9.59 Å². The van der Waals surface area contributed by atoms with E-state index in [9.17, 15) is 14.0 Å². The Morgan fingerprint density at radius 1 is 1.11 bits per heavy atom. The Morgan fingerprint density at radius 2 is 1.82 bits per heavy atom. The molecule has 0 unspecified atom stereocenters. The molecule has 3 rings (SSSR count). The molecule has 2 amide bonds. The van der Waals surface area contributed by atoms with Crippen molar-refractivity contribution in [3.05, 3.63) is 76.9 Å². The third kappa shape index (κ3) is 3.64. The first-order valence-corrected chi connectivity index (χ1v) is 8.72. The average molecular weight is 380 g/mol. The molecule has 3 aromatic rings. The zero-order valence-corrected chi connectivity index (χ0v) is 16.2. The number of anilines is 1. The van der Waals surface area contributed by atoms with Crippen molar-refractivity contribution in [2.45, 2.75) is 13.8 Å². The maximum Gasteiger partial charge on any atom is 0.259 e. The molecule has 0 spiro atoms. The van der Waals surface area contributed by atoms with Gasteiger partial charge < -0.3 is 10.2 Å². The van der Waals surface area contributed by atoms with Crippen LogP contribution in [0, 0.1) is 19.7 Å². The van der Waals surface area contributed by atoms with Gasteiger partial charge in [-0.1, -0.05) is 18.2 Å². The average Bonchev–Trinajstić information content (AvgIpc) is 3.04. The predicted octanol–water partition coefficient (Wildman–Crippen LogP) is 3.58. The van der Waals surface area contributed by atoms with Gasteiger partial charge in [0, 0.05) is 19.7 Å². The van der Waals surface area contributed by atoms with E-state index in [0.29, 0.717) is 11.3 Å². The summed E-state index contributed by atoms with van der Waals surface area (Å²) in [5, 5.41) is 6.85. The van der Waals surface area contributed by atoms with E-state index >= 15 is 0 Å². The number of carbonyl (C=O) groups excluding carboxylic acids is 2. The van der Waals surface area contributed by atoms with Crippen molar-refractivity contribution in [3.8, 4) is 5.69 Å². The summed E-state index contributed by atoms with van der Waals surface area (Å²) in [6.45, 7) is 3.73. The van der Waals surface area contributed by atoms with Crippen molar-refractivity contribution >= 4 is 17.5 Å². The monoisotopic (exact) mass is 380 g/mol. The first-order valence-electron chi connectivity index (χ1n) is 8.72. The van der Waals surface area contributed by atoms with Crippen molar-refractivity contribution in [1.29, 1.82) is 0 Å². The summed E-state index contributed by atoms with van der Waals surface area (Å²) in [4.78, 5) is 26.2. The minimum atomic E-state index is -0.618. The predicted molar refractivity (Wildman–Crippen MR) is 105 cm³/mol. The lowest BCUT2D eigenvalue weighted by Gasteiger charge is -2.12. The number of hydrogen-bond acceptors (Lipinski definition) is 3. The Hall–Kier alpha value is -3.48. The number of nitrogens with one attached hydrogen (secondary N) is 1. The van der Waals surface area contributed by atoms with Crippen molar-refractivity contribution in [2.24, 2.45) is 0 Å². The quantitative estimate of drug-likeness (QED) is 0.752. The van der Waals surface area contributed by atoms with Crippen LogP contribution in [-0.4, -0.2) is 40.6 Å². The molecular formula is C21H21FN4O2. The molecule has 144 valence electrons. The first-order chi connectivity index (χ1) is 13.3. The van der Waals surface area contributed by atoms with Gasteiger partial charge in [-0.05, 0) is 43.7 Å². The molecule has 2 aromatic carbocycles. The zero-order valence-electron chi connectivity index (χ0n) is 16.2. The maximum atomic E-state index is 14.2. The minimum absolute atomic E-state index is 0.0549. The van der Waals surface area contributed by atoms with Gasteiger partial charge in [0.2, 0.25) is 0 Å². The Labute approximate surface area is 162 Å². The molecule has 0 atom stereocenters. The topological polar surface area (TPSA) is 67.2 Å². The number of halogens is 1. The molecule has 0 aliphatic rings. The van der Waals surface area contributed by atoms with Gasteiger partial charge in [0.15, 0.2) is 0 Å². The van der Waals surface area contributed by atoms with Gasteiger partial charge >= 0.3 is 0 Å². The molecule has 0 fully saturated rings. The summed E-state index contributed by atoms with van der Waals surface area (Å²) in [7, 11) is 3.21. The normalized spacial score (nSPS) is 10.6. The third-order valence-corrected chi connectivity index (χ3v) is 4.47. The molecule has 0 aliphatic heterocycles. The molecule has 1 aromatic heterocycles. The summed E-state index contributed by atoms with van der Waals surface area (Å²) in [6, 6.07) is 11.6. The van der Waals surface area contributed by atoms with Crippen LogP contribution in [0.2, 0.25) is 0 Å². The third-order valence-electron chi connectivity index (χ3n) is 4.47. The van der Waals surface area contributed by atoms with Crippen LogP contribution in [0.25, 0.3) is 5.69 Å². The minimum Gasteiger partial charge on any atom is -0.345 e. The fourth-order valence-electron chi connectivity index (χ4n) is 2.88. The maximum absolute atomic E-state index is 14.2. The Morgan fingerprint density at radius 3 is 2.50 bits per heavy atom. The molecule has 0 saturated heterocycles. The highest BCUT2D eigenvalue weighted by molar-refractivity contribution is 6.05. The van der Waals surface area contributed by atoms with Crippen molar-refractivity contribution in [1.82, 2.24) is 14.7 Å². The summed E-state index contributed by atoms with van der Waals surface area (Å²) in [5.74, 6) is -1.39. The van der Waals surface area contributed by atoms with Crippen LogP contribution in [0.15, 0.2) is 48.7 Å². The molecule has 1 N–H and O–H groups in total. The SMILES string of the molecule is Cc1ccccc1-n1ncc(C(=O)Nc2cc(C(=O)N(C)C)ccc2F)c1C. The number of aromatic nitrogens is 2. The fraction of sp³-hybridized carbons (Fsp3) is 0.190. The van der Waals surface area contributed by atoms with Crippen LogP contribution in [-0.2, 0) is 0 Å². The van der Waals surface area contributed by atoms with Gasteiger partial charge in [0.25, 0.3) is 11.8 Å². The number of rotatable bonds is 4. The Bertz CT molecular complexity index is 1060. The van der Waals surface area contributed by atoms with Crippen LogP contribution in [0.4, 0.5) is 10.1 Å². The molecular weight excluding hydrogens is 359 g/mol. The van der Waals surface area contributed by atoms with E-state index in [1.807, 2.05) is 31.2 Å². The number of amides is 2. The van der Waals surface area contributed by atoms with Crippen LogP contribution in [0.1, 0.15) is 32.0 Å². The van der Waals surface area contributed by atoms with E-state index < -0.39 is 11.7 Å². The van der Waals surface area contributed by atoms with Gasteiger partial charge in [0.05, 0.1) is 28.8 Å². The van der Waals surface area contributed by atoms with E-state index in [4.69, 9.17) is 0 Å². The van der Waals surface area contributed by atoms with E-state index in [1.54, 1.807) is 25.7 Å². The number of benzene rings is 2. The highest BCUT2D eigenvalue weighted by Gasteiger charge is 2.18. The smallest absolute Gasteiger partial charge is 0.259 e.